The second-order valence-corrected chi connectivity index (χ2v) is 4.66. The number of hydrogen-bond donors (Lipinski definition) is 2. The lowest BCUT2D eigenvalue weighted by Crippen LogP contribution is -1.96. The normalized spacial score (nSPS) is 10.3. The number of nitrogens with zero attached hydrogens (tertiary/aromatic N) is 1. The van der Waals surface area contributed by atoms with E-state index in [1.165, 1.54) is 0 Å². The fraction of sp³-hybridized carbons (Fsp3) is 0. The molecule has 0 fully saturated rings. The van der Waals surface area contributed by atoms with E-state index in [0.717, 1.165) is 21.9 Å². The minimum Gasteiger partial charge on any atom is -0.398 e. The number of nitriles is 1. The van der Waals surface area contributed by atoms with Crippen LogP contribution in [0.1, 0.15) is 5.56 Å². The molecule has 0 unspecified atom stereocenters. The summed E-state index contributed by atoms with van der Waals surface area (Å²) in [6.07, 6.45) is 0. The zero-order valence-corrected chi connectivity index (χ0v) is 10.8. The third kappa shape index (κ3) is 1.84. The van der Waals surface area contributed by atoms with Gasteiger partial charge in [0, 0.05) is 27.7 Å². The van der Waals surface area contributed by atoms with Gasteiger partial charge in [0.05, 0.1) is 11.6 Å². The molecular weight excluding hydrogens is 246 g/mol. The van der Waals surface area contributed by atoms with Crippen molar-refractivity contribution in [1.29, 1.82) is 5.26 Å². The van der Waals surface area contributed by atoms with Crippen molar-refractivity contribution in [3.63, 3.8) is 0 Å². The van der Waals surface area contributed by atoms with Gasteiger partial charge in [-0.05, 0) is 23.8 Å². The van der Waals surface area contributed by atoms with Crippen molar-refractivity contribution < 1.29 is 0 Å². The molecule has 0 aliphatic carbocycles. The lowest BCUT2D eigenvalue weighted by molar-refractivity contribution is 1.48. The predicted molar refractivity (Wildman–Crippen MR) is 82.9 cm³/mol. The molecule has 0 heterocycles. The van der Waals surface area contributed by atoms with Gasteiger partial charge in [-0.25, -0.2) is 0 Å². The number of benzene rings is 3. The number of nitrogen functional groups attached to an aromatic ring is 2. The molecule has 3 nitrogen and oxygen atoms in total. The maximum atomic E-state index is 8.84. The first-order chi connectivity index (χ1) is 9.70. The topological polar surface area (TPSA) is 75.8 Å². The maximum absolute atomic E-state index is 8.84. The van der Waals surface area contributed by atoms with Crippen LogP contribution in [-0.4, -0.2) is 0 Å². The largest absolute Gasteiger partial charge is 0.398 e. The lowest BCUT2D eigenvalue weighted by Gasteiger charge is -2.12. The van der Waals surface area contributed by atoms with Gasteiger partial charge in [0.1, 0.15) is 0 Å². The Morgan fingerprint density at radius 3 is 2.15 bits per heavy atom. The molecule has 0 atom stereocenters. The van der Waals surface area contributed by atoms with Crippen LogP contribution in [0.5, 0.6) is 0 Å². The number of hydrogen-bond acceptors (Lipinski definition) is 3. The molecule has 0 spiro atoms. The van der Waals surface area contributed by atoms with Gasteiger partial charge in [-0.2, -0.15) is 5.26 Å². The van der Waals surface area contributed by atoms with Crippen molar-refractivity contribution >= 4 is 22.1 Å². The Labute approximate surface area is 117 Å². The summed E-state index contributed by atoms with van der Waals surface area (Å²) >= 11 is 0. The van der Waals surface area contributed by atoms with E-state index in [0.29, 0.717) is 16.9 Å². The summed E-state index contributed by atoms with van der Waals surface area (Å²) in [5.74, 6) is 0. The summed E-state index contributed by atoms with van der Waals surface area (Å²) in [4.78, 5) is 0. The van der Waals surface area contributed by atoms with E-state index < -0.39 is 0 Å². The van der Waals surface area contributed by atoms with Gasteiger partial charge >= 0.3 is 0 Å². The van der Waals surface area contributed by atoms with Gasteiger partial charge < -0.3 is 11.5 Å². The molecule has 20 heavy (non-hydrogen) atoms. The first-order valence-electron chi connectivity index (χ1n) is 6.28. The van der Waals surface area contributed by atoms with E-state index in [9.17, 15) is 0 Å². The highest BCUT2D eigenvalue weighted by Gasteiger charge is 2.09. The summed E-state index contributed by atoms with van der Waals surface area (Å²) in [5.41, 5.74) is 16.3. The van der Waals surface area contributed by atoms with Crippen molar-refractivity contribution in [2.24, 2.45) is 0 Å². The number of nitrogens with two attached hydrogens (primary N) is 2. The van der Waals surface area contributed by atoms with Crippen LogP contribution >= 0.6 is 0 Å². The summed E-state index contributed by atoms with van der Waals surface area (Å²) in [6.45, 7) is 0. The molecule has 0 aliphatic rings. The van der Waals surface area contributed by atoms with Crippen LogP contribution in [-0.2, 0) is 0 Å². The molecule has 3 heteroatoms. The second-order valence-electron chi connectivity index (χ2n) is 4.66. The highest BCUT2D eigenvalue weighted by atomic mass is 14.6. The van der Waals surface area contributed by atoms with Crippen molar-refractivity contribution in [2.75, 3.05) is 11.5 Å². The Bertz CT molecular complexity index is 827. The van der Waals surface area contributed by atoms with Crippen molar-refractivity contribution in [3.05, 3.63) is 60.2 Å². The van der Waals surface area contributed by atoms with E-state index in [1.54, 1.807) is 12.1 Å². The van der Waals surface area contributed by atoms with Crippen molar-refractivity contribution in [1.82, 2.24) is 0 Å². The van der Waals surface area contributed by atoms with E-state index in [2.05, 4.69) is 6.07 Å². The minimum atomic E-state index is 0.626. The smallest absolute Gasteiger partial charge is 0.0991 e. The molecule has 4 N–H and O–H groups in total. The molecule has 0 amide bonds. The zero-order chi connectivity index (χ0) is 14.1. The summed E-state index contributed by atoms with van der Waals surface area (Å²) in [5, 5.41) is 10.8. The average Bonchev–Trinajstić information content (AvgIpc) is 2.51. The Balaban J connectivity index is 2.26. The maximum Gasteiger partial charge on any atom is 0.0991 e. The Hall–Kier alpha value is -2.99. The summed E-state index contributed by atoms with van der Waals surface area (Å²) < 4.78 is 0. The lowest BCUT2D eigenvalue weighted by atomic mass is 9.97. The monoisotopic (exact) mass is 259 g/mol. The van der Waals surface area contributed by atoms with Crippen LogP contribution in [0.25, 0.3) is 21.9 Å². The molecule has 0 saturated carbocycles. The molecule has 0 aromatic heterocycles. The number of rotatable bonds is 1. The first-order valence-corrected chi connectivity index (χ1v) is 6.28. The van der Waals surface area contributed by atoms with Crippen molar-refractivity contribution in [2.45, 2.75) is 0 Å². The van der Waals surface area contributed by atoms with E-state index in [1.807, 2.05) is 42.5 Å². The zero-order valence-electron chi connectivity index (χ0n) is 10.8. The standard InChI is InChI=1S/C17H13N3/c18-10-11-5-7-12(8-6-11)15-9-16(19)13-3-1-2-4-14(13)17(15)20/h1-9H,19-20H2. The highest BCUT2D eigenvalue weighted by Crippen LogP contribution is 2.36. The van der Waals surface area contributed by atoms with Gasteiger partial charge in [-0.15, -0.1) is 0 Å². The van der Waals surface area contributed by atoms with Crippen LogP contribution in [0.4, 0.5) is 11.4 Å². The molecule has 3 aromatic rings. The number of anilines is 2. The van der Waals surface area contributed by atoms with Gasteiger partial charge in [0.2, 0.25) is 0 Å². The van der Waals surface area contributed by atoms with Gasteiger partial charge in [-0.1, -0.05) is 36.4 Å². The Morgan fingerprint density at radius 2 is 1.50 bits per heavy atom. The van der Waals surface area contributed by atoms with Gasteiger partial charge in [-0.3, -0.25) is 0 Å². The second kappa shape index (κ2) is 4.60. The third-order valence-electron chi connectivity index (χ3n) is 3.44. The fourth-order valence-corrected chi connectivity index (χ4v) is 2.39. The molecule has 0 radical (unpaired) electrons. The third-order valence-corrected chi connectivity index (χ3v) is 3.44. The quantitative estimate of drug-likeness (QED) is 0.656. The number of fused-ring (bicyclic) bond motifs is 1. The molecule has 3 rings (SSSR count). The van der Waals surface area contributed by atoms with Gasteiger partial charge in [0.15, 0.2) is 0 Å². The van der Waals surface area contributed by atoms with Crippen LogP contribution < -0.4 is 11.5 Å². The Morgan fingerprint density at radius 1 is 0.850 bits per heavy atom. The SMILES string of the molecule is N#Cc1ccc(-c2cc(N)c3ccccc3c2N)cc1. The summed E-state index contributed by atoms with van der Waals surface area (Å²) in [7, 11) is 0. The van der Waals surface area contributed by atoms with Gasteiger partial charge in [0.25, 0.3) is 0 Å². The fourth-order valence-electron chi connectivity index (χ4n) is 2.39. The van der Waals surface area contributed by atoms with E-state index in [-0.39, 0.29) is 0 Å². The van der Waals surface area contributed by atoms with E-state index >= 15 is 0 Å². The average molecular weight is 259 g/mol. The van der Waals surface area contributed by atoms with Crippen molar-refractivity contribution in [3.8, 4) is 17.2 Å². The van der Waals surface area contributed by atoms with Crippen LogP contribution in [0.15, 0.2) is 54.6 Å². The van der Waals surface area contributed by atoms with E-state index in [4.69, 9.17) is 16.7 Å². The molecular formula is C17H13N3. The first kappa shape index (κ1) is 12.1. The van der Waals surface area contributed by atoms with Crippen LogP contribution in [0, 0.1) is 11.3 Å². The summed E-state index contributed by atoms with van der Waals surface area (Å²) in [6, 6.07) is 19.1. The minimum absolute atomic E-state index is 0.626. The Kier molecular flexibility index (Phi) is 2.77. The van der Waals surface area contributed by atoms with Crippen LogP contribution in [0.3, 0.4) is 0 Å². The molecule has 96 valence electrons. The molecule has 0 bridgehead atoms. The molecule has 3 aromatic carbocycles. The highest BCUT2D eigenvalue weighted by molar-refractivity contribution is 6.06. The molecule has 0 saturated heterocycles. The van der Waals surface area contributed by atoms with Crippen LogP contribution in [0.2, 0.25) is 0 Å². The molecule has 0 aliphatic heterocycles. The predicted octanol–water partition coefficient (Wildman–Crippen LogP) is 3.54.